The highest BCUT2D eigenvalue weighted by Gasteiger charge is 2.39. The first-order chi connectivity index (χ1) is 11.6. The number of nitrogens with zero attached hydrogens (tertiary/aromatic N) is 1. The van der Waals surface area contributed by atoms with Gasteiger partial charge in [0.15, 0.2) is 0 Å². The van der Waals surface area contributed by atoms with Crippen LogP contribution in [-0.2, 0) is 16.1 Å². The monoisotopic (exact) mass is 328 g/mol. The van der Waals surface area contributed by atoms with Crippen LogP contribution < -0.4 is 5.32 Å². The Kier molecular flexibility index (Phi) is 3.59. The molecule has 24 heavy (non-hydrogen) atoms. The highest BCUT2D eigenvalue weighted by atomic mass is 19.1. The van der Waals surface area contributed by atoms with Crippen LogP contribution in [0.5, 0.6) is 0 Å². The van der Waals surface area contributed by atoms with Gasteiger partial charge in [-0.25, -0.2) is 4.39 Å². The number of halogens is 1. The third kappa shape index (κ3) is 2.79. The van der Waals surface area contributed by atoms with Gasteiger partial charge in [-0.3, -0.25) is 9.59 Å². The molecule has 1 saturated carbocycles. The molecule has 0 unspecified atom stereocenters. The van der Waals surface area contributed by atoms with E-state index in [0.29, 0.717) is 17.8 Å². The minimum absolute atomic E-state index is 0.0822. The fraction of sp³-hybridized carbons (Fsp3) is 0.333. The van der Waals surface area contributed by atoms with Gasteiger partial charge >= 0.3 is 0 Å². The van der Waals surface area contributed by atoms with Gasteiger partial charge in [-0.2, -0.15) is 0 Å². The molecule has 1 aliphatic carbocycles. The Morgan fingerprint density at radius 3 is 2.88 bits per heavy atom. The highest BCUT2D eigenvalue weighted by Crippen LogP contribution is 2.37. The lowest BCUT2D eigenvalue weighted by Crippen LogP contribution is -2.39. The molecule has 0 spiro atoms. The number of rotatable bonds is 4. The fourth-order valence-corrected chi connectivity index (χ4v) is 3.20. The van der Waals surface area contributed by atoms with Crippen LogP contribution in [0, 0.1) is 5.82 Å². The van der Waals surface area contributed by atoms with Crippen molar-refractivity contribution in [3.63, 3.8) is 0 Å². The smallest absolute Gasteiger partial charge is 0.231 e. The number of amides is 2. The Labute approximate surface area is 138 Å². The zero-order chi connectivity index (χ0) is 16.7. The largest absolute Gasteiger partial charge is 0.467 e. The summed E-state index contributed by atoms with van der Waals surface area (Å²) in [6.07, 6.45) is 3.58. The third-order valence-electron chi connectivity index (χ3n) is 4.53. The number of carbonyl (C=O) groups is 2. The van der Waals surface area contributed by atoms with Crippen LogP contribution in [0.3, 0.4) is 0 Å². The second-order valence-corrected chi connectivity index (χ2v) is 6.31. The molecule has 0 saturated heterocycles. The van der Waals surface area contributed by atoms with E-state index in [2.05, 4.69) is 5.32 Å². The summed E-state index contributed by atoms with van der Waals surface area (Å²) in [6.45, 7) is 0.394. The molecule has 2 aliphatic rings. The molecule has 2 aromatic rings. The summed E-state index contributed by atoms with van der Waals surface area (Å²) in [5, 5.41) is 2.65. The number of hydrogen-bond donors (Lipinski definition) is 1. The van der Waals surface area contributed by atoms with Gasteiger partial charge in [-0.1, -0.05) is 6.07 Å². The SMILES string of the molecule is O=C1C[C@@H](C(=O)N(Cc2ccco2)C2CC2)c2ccc(F)cc2N1. The molecule has 1 N–H and O–H groups in total. The van der Waals surface area contributed by atoms with E-state index < -0.39 is 11.7 Å². The van der Waals surface area contributed by atoms with E-state index in [1.165, 1.54) is 12.1 Å². The van der Waals surface area contributed by atoms with Crippen molar-refractivity contribution in [1.29, 1.82) is 0 Å². The standard InChI is InChI=1S/C18H17FN2O3/c19-11-3-6-14-15(9-17(22)20-16(14)8-11)18(23)21(12-4-5-12)10-13-2-1-7-24-13/h1-3,6-8,12,15H,4-5,9-10H2,(H,20,22)/t15-/m1/s1. The molecule has 1 aliphatic heterocycles. The Balaban J connectivity index is 1.64. The maximum atomic E-state index is 13.4. The minimum atomic E-state index is -0.579. The number of carbonyl (C=O) groups excluding carboxylic acids is 2. The molecule has 6 heteroatoms. The second-order valence-electron chi connectivity index (χ2n) is 6.31. The summed E-state index contributed by atoms with van der Waals surface area (Å²) in [6, 6.07) is 7.99. The van der Waals surface area contributed by atoms with Crippen LogP contribution >= 0.6 is 0 Å². The summed E-state index contributed by atoms with van der Waals surface area (Å²) in [4.78, 5) is 26.9. The van der Waals surface area contributed by atoms with Crippen molar-refractivity contribution in [3.8, 4) is 0 Å². The molecule has 2 amide bonds. The summed E-state index contributed by atoms with van der Waals surface area (Å²) in [5.41, 5.74) is 1.06. The van der Waals surface area contributed by atoms with Crippen LogP contribution in [-0.4, -0.2) is 22.8 Å². The third-order valence-corrected chi connectivity index (χ3v) is 4.53. The Morgan fingerprint density at radius 1 is 1.33 bits per heavy atom. The Morgan fingerprint density at radius 2 is 2.17 bits per heavy atom. The number of fused-ring (bicyclic) bond motifs is 1. The molecule has 2 heterocycles. The van der Waals surface area contributed by atoms with Gasteiger partial charge < -0.3 is 14.6 Å². The van der Waals surface area contributed by atoms with Gasteiger partial charge in [-0.15, -0.1) is 0 Å². The number of anilines is 1. The maximum absolute atomic E-state index is 13.4. The highest BCUT2D eigenvalue weighted by molar-refractivity contribution is 6.01. The van der Waals surface area contributed by atoms with Crippen molar-refractivity contribution in [2.45, 2.75) is 37.8 Å². The van der Waals surface area contributed by atoms with Gasteiger partial charge in [0.25, 0.3) is 0 Å². The van der Waals surface area contributed by atoms with Gasteiger partial charge in [0.1, 0.15) is 11.6 Å². The number of nitrogens with one attached hydrogen (secondary N) is 1. The summed E-state index contributed by atoms with van der Waals surface area (Å²) >= 11 is 0. The zero-order valence-electron chi connectivity index (χ0n) is 13.0. The first kappa shape index (κ1) is 14.9. The average Bonchev–Trinajstić information content (AvgIpc) is 3.27. The second kappa shape index (κ2) is 5.78. The molecule has 0 radical (unpaired) electrons. The van der Waals surface area contributed by atoms with Crippen LogP contribution in [0.1, 0.15) is 36.5 Å². The fourth-order valence-electron chi connectivity index (χ4n) is 3.20. The van der Waals surface area contributed by atoms with Crippen molar-refractivity contribution in [2.75, 3.05) is 5.32 Å². The van der Waals surface area contributed by atoms with E-state index in [1.807, 2.05) is 6.07 Å². The summed E-state index contributed by atoms with van der Waals surface area (Å²) in [7, 11) is 0. The molecular weight excluding hydrogens is 311 g/mol. The van der Waals surface area contributed by atoms with E-state index in [9.17, 15) is 14.0 Å². The van der Waals surface area contributed by atoms with E-state index in [0.717, 1.165) is 18.6 Å². The van der Waals surface area contributed by atoms with E-state index >= 15 is 0 Å². The van der Waals surface area contributed by atoms with Crippen LogP contribution in [0.25, 0.3) is 0 Å². The zero-order valence-corrected chi connectivity index (χ0v) is 13.0. The normalized spacial score (nSPS) is 19.5. The lowest BCUT2D eigenvalue weighted by Gasteiger charge is -2.30. The number of hydrogen-bond acceptors (Lipinski definition) is 3. The van der Waals surface area contributed by atoms with Crippen LogP contribution in [0.4, 0.5) is 10.1 Å². The first-order valence-electron chi connectivity index (χ1n) is 8.04. The Hall–Kier alpha value is -2.63. The van der Waals surface area contributed by atoms with Crippen molar-refractivity contribution < 1.29 is 18.4 Å². The molecule has 1 fully saturated rings. The number of furan rings is 1. The van der Waals surface area contributed by atoms with Crippen molar-refractivity contribution in [2.24, 2.45) is 0 Å². The molecule has 5 nitrogen and oxygen atoms in total. The predicted molar refractivity (Wildman–Crippen MR) is 84.7 cm³/mol. The quantitative estimate of drug-likeness (QED) is 0.938. The van der Waals surface area contributed by atoms with Gasteiger partial charge in [0.05, 0.1) is 18.7 Å². The van der Waals surface area contributed by atoms with E-state index in [1.54, 1.807) is 23.3 Å². The lowest BCUT2D eigenvalue weighted by atomic mass is 9.89. The number of benzene rings is 1. The average molecular weight is 328 g/mol. The molecule has 0 bridgehead atoms. The van der Waals surface area contributed by atoms with E-state index in [-0.39, 0.29) is 24.3 Å². The summed E-state index contributed by atoms with van der Waals surface area (Å²) < 4.78 is 18.8. The molecule has 1 atom stereocenters. The van der Waals surface area contributed by atoms with E-state index in [4.69, 9.17) is 4.42 Å². The van der Waals surface area contributed by atoms with Crippen LogP contribution in [0.2, 0.25) is 0 Å². The van der Waals surface area contributed by atoms with Gasteiger partial charge in [0, 0.05) is 18.2 Å². The molecular formula is C18H17FN2O3. The molecule has 1 aromatic heterocycles. The van der Waals surface area contributed by atoms with Gasteiger partial charge in [0.2, 0.25) is 11.8 Å². The lowest BCUT2D eigenvalue weighted by molar-refractivity contribution is -0.136. The molecule has 1 aromatic carbocycles. The topological polar surface area (TPSA) is 62.6 Å². The summed E-state index contributed by atoms with van der Waals surface area (Å²) in [5.74, 6) is -0.659. The van der Waals surface area contributed by atoms with Gasteiger partial charge in [-0.05, 0) is 42.7 Å². The first-order valence-corrected chi connectivity index (χ1v) is 8.04. The van der Waals surface area contributed by atoms with Crippen molar-refractivity contribution in [1.82, 2.24) is 4.90 Å². The molecule has 124 valence electrons. The van der Waals surface area contributed by atoms with Crippen molar-refractivity contribution in [3.05, 3.63) is 53.7 Å². The van der Waals surface area contributed by atoms with Crippen molar-refractivity contribution >= 4 is 17.5 Å². The maximum Gasteiger partial charge on any atom is 0.231 e. The van der Waals surface area contributed by atoms with Crippen LogP contribution in [0.15, 0.2) is 41.0 Å². The minimum Gasteiger partial charge on any atom is -0.467 e. The Bertz CT molecular complexity index is 784. The predicted octanol–water partition coefficient (Wildman–Crippen LogP) is 3.04. The molecule has 4 rings (SSSR count).